The fourth-order valence-electron chi connectivity index (χ4n) is 2.80. The van der Waals surface area contributed by atoms with Crippen molar-refractivity contribution in [3.05, 3.63) is 0 Å². The quantitative estimate of drug-likeness (QED) is 0.230. The van der Waals surface area contributed by atoms with Crippen molar-refractivity contribution < 1.29 is 17.1 Å². The van der Waals surface area contributed by atoms with Crippen LogP contribution in [0.3, 0.4) is 0 Å². The number of unbranched alkanes of at least 4 members (excludes halogenated alkanes) is 14. The molecule has 0 bridgehead atoms. The van der Waals surface area contributed by atoms with Gasteiger partial charge in [0.1, 0.15) is 0 Å². The summed E-state index contributed by atoms with van der Waals surface area (Å²) in [5.74, 6) is 0. The molecule has 0 saturated carbocycles. The third kappa shape index (κ3) is 22.9. The normalized spacial score (nSPS) is 10.9. The molecule has 0 aliphatic carbocycles. The summed E-state index contributed by atoms with van der Waals surface area (Å²) in [4.78, 5) is 2.29. The predicted molar refractivity (Wildman–Crippen MR) is 93.5 cm³/mol. The summed E-state index contributed by atoms with van der Waals surface area (Å²) in [6.45, 7) is 3.56. The van der Waals surface area contributed by atoms with Crippen LogP contribution in [0.5, 0.6) is 0 Å². The van der Waals surface area contributed by atoms with E-state index in [2.05, 4.69) is 25.9 Å². The SMILES string of the molecule is CCCCCCCCCCCCCCCCCN(C)C.[Cu+2]. The van der Waals surface area contributed by atoms with Gasteiger partial charge in [0.15, 0.2) is 0 Å². The molecule has 0 aliphatic heterocycles. The van der Waals surface area contributed by atoms with Crippen LogP contribution in [0.1, 0.15) is 103 Å². The van der Waals surface area contributed by atoms with Crippen LogP contribution in [0.4, 0.5) is 0 Å². The molecule has 0 aromatic carbocycles. The van der Waals surface area contributed by atoms with Gasteiger partial charge in [0.25, 0.3) is 0 Å². The Balaban J connectivity index is 0. The van der Waals surface area contributed by atoms with E-state index < -0.39 is 0 Å². The van der Waals surface area contributed by atoms with Gasteiger partial charge in [-0.2, -0.15) is 0 Å². The summed E-state index contributed by atoms with van der Waals surface area (Å²) in [5, 5.41) is 0. The van der Waals surface area contributed by atoms with Gasteiger partial charge in [-0.15, -0.1) is 0 Å². The van der Waals surface area contributed by atoms with Crippen molar-refractivity contribution in [1.82, 2.24) is 4.90 Å². The van der Waals surface area contributed by atoms with Crippen molar-refractivity contribution in [2.45, 2.75) is 103 Å². The van der Waals surface area contributed by atoms with Crippen LogP contribution >= 0.6 is 0 Å². The number of nitrogens with zero attached hydrogens (tertiary/aromatic N) is 1. The number of rotatable bonds is 16. The molecule has 0 unspecified atom stereocenters. The molecule has 0 atom stereocenters. The second-order valence-electron chi connectivity index (χ2n) is 6.75. The van der Waals surface area contributed by atoms with E-state index in [-0.39, 0.29) is 17.1 Å². The first-order valence-electron chi connectivity index (χ1n) is 9.42. The molecule has 0 heterocycles. The van der Waals surface area contributed by atoms with E-state index in [4.69, 9.17) is 0 Å². The maximum atomic E-state index is 2.29. The molecule has 0 amide bonds. The standard InChI is InChI=1S/C19H41N.Cu/c1-4-5-6-7-8-9-10-11-12-13-14-15-16-17-18-19-20(2)3;/h4-19H2,1-3H3;/q;+2. The van der Waals surface area contributed by atoms with Crippen LogP contribution < -0.4 is 0 Å². The Morgan fingerprint density at radius 1 is 0.476 bits per heavy atom. The first-order chi connectivity index (χ1) is 9.77. The minimum atomic E-state index is 0. The predicted octanol–water partition coefficient (Wildman–Crippen LogP) is 6.42. The Labute approximate surface area is 146 Å². The maximum absolute atomic E-state index is 2.29. The van der Waals surface area contributed by atoms with Gasteiger partial charge in [0.05, 0.1) is 0 Å². The molecule has 1 nitrogen and oxygen atoms in total. The van der Waals surface area contributed by atoms with Gasteiger partial charge in [-0.1, -0.05) is 96.8 Å². The molecule has 0 aromatic rings. The molecule has 0 saturated heterocycles. The Bertz CT molecular complexity index is 171. The molecule has 0 aromatic heterocycles. The Morgan fingerprint density at radius 3 is 1.05 bits per heavy atom. The molecule has 0 rings (SSSR count). The van der Waals surface area contributed by atoms with E-state index in [9.17, 15) is 0 Å². The topological polar surface area (TPSA) is 3.24 Å². The third-order valence-electron chi connectivity index (χ3n) is 4.21. The summed E-state index contributed by atoms with van der Waals surface area (Å²) in [6.07, 6.45) is 21.8. The molecule has 0 spiro atoms. The summed E-state index contributed by atoms with van der Waals surface area (Å²) < 4.78 is 0. The van der Waals surface area contributed by atoms with Crippen molar-refractivity contribution in [1.29, 1.82) is 0 Å². The second-order valence-corrected chi connectivity index (χ2v) is 6.75. The van der Waals surface area contributed by atoms with Gasteiger partial charge >= 0.3 is 17.1 Å². The first-order valence-corrected chi connectivity index (χ1v) is 9.42. The van der Waals surface area contributed by atoms with E-state index in [1.165, 1.54) is 103 Å². The van der Waals surface area contributed by atoms with Crippen molar-refractivity contribution >= 4 is 0 Å². The number of hydrogen-bond acceptors (Lipinski definition) is 1. The molecule has 2 heteroatoms. The molecular formula is C19H41CuN+2. The smallest absolute Gasteiger partial charge is 0.309 e. The van der Waals surface area contributed by atoms with Gasteiger partial charge < -0.3 is 4.90 Å². The molecule has 131 valence electrons. The van der Waals surface area contributed by atoms with Crippen LogP contribution in [0.25, 0.3) is 0 Å². The fourth-order valence-corrected chi connectivity index (χ4v) is 2.80. The zero-order valence-electron chi connectivity index (χ0n) is 15.1. The van der Waals surface area contributed by atoms with Gasteiger partial charge in [0.2, 0.25) is 0 Å². The van der Waals surface area contributed by atoms with E-state index >= 15 is 0 Å². The van der Waals surface area contributed by atoms with Crippen molar-refractivity contribution in [3.8, 4) is 0 Å². The fraction of sp³-hybridized carbons (Fsp3) is 1.00. The van der Waals surface area contributed by atoms with Crippen LogP contribution in [0.2, 0.25) is 0 Å². The molecule has 0 fully saturated rings. The average Bonchev–Trinajstić information content (AvgIpc) is 2.43. The maximum Gasteiger partial charge on any atom is 2.00 e. The van der Waals surface area contributed by atoms with Crippen molar-refractivity contribution in [2.75, 3.05) is 20.6 Å². The molecule has 0 aliphatic rings. The zero-order chi connectivity index (χ0) is 14.9. The minimum Gasteiger partial charge on any atom is -0.309 e. The van der Waals surface area contributed by atoms with Gasteiger partial charge in [-0.25, -0.2) is 0 Å². The molecule has 21 heavy (non-hydrogen) atoms. The van der Waals surface area contributed by atoms with Gasteiger partial charge in [0, 0.05) is 0 Å². The Morgan fingerprint density at radius 2 is 0.762 bits per heavy atom. The van der Waals surface area contributed by atoms with Gasteiger partial charge in [-0.3, -0.25) is 0 Å². The Hall–Kier alpha value is 0.479. The molecule has 0 N–H and O–H groups in total. The zero-order valence-corrected chi connectivity index (χ0v) is 16.0. The van der Waals surface area contributed by atoms with E-state index in [0.29, 0.717) is 0 Å². The largest absolute Gasteiger partial charge is 2.00 e. The summed E-state index contributed by atoms with van der Waals surface area (Å²) in [7, 11) is 4.34. The van der Waals surface area contributed by atoms with Crippen LogP contribution in [0.15, 0.2) is 0 Å². The second kappa shape index (κ2) is 20.5. The van der Waals surface area contributed by atoms with E-state index in [1.54, 1.807) is 0 Å². The van der Waals surface area contributed by atoms with Crippen LogP contribution in [-0.2, 0) is 17.1 Å². The minimum absolute atomic E-state index is 0. The average molecular weight is 347 g/mol. The van der Waals surface area contributed by atoms with Crippen LogP contribution in [0, 0.1) is 0 Å². The molecular weight excluding hydrogens is 306 g/mol. The van der Waals surface area contributed by atoms with Crippen molar-refractivity contribution in [3.63, 3.8) is 0 Å². The first kappa shape index (κ1) is 23.7. The Kier molecular flexibility index (Phi) is 23.2. The number of hydrogen-bond donors (Lipinski definition) is 0. The molecule has 1 radical (unpaired) electrons. The van der Waals surface area contributed by atoms with E-state index in [1.807, 2.05) is 0 Å². The van der Waals surface area contributed by atoms with Gasteiger partial charge in [-0.05, 0) is 27.1 Å². The monoisotopic (exact) mass is 346 g/mol. The van der Waals surface area contributed by atoms with E-state index in [0.717, 1.165) is 0 Å². The summed E-state index contributed by atoms with van der Waals surface area (Å²) >= 11 is 0. The summed E-state index contributed by atoms with van der Waals surface area (Å²) in [5.41, 5.74) is 0. The third-order valence-corrected chi connectivity index (χ3v) is 4.21. The summed E-state index contributed by atoms with van der Waals surface area (Å²) in [6, 6.07) is 0. The van der Waals surface area contributed by atoms with Crippen molar-refractivity contribution in [2.24, 2.45) is 0 Å². The van der Waals surface area contributed by atoms with Crippen LogP contribution in [-0.4, -0.2) is 25.5 Å².